The largest absolute Gasteiger partial charge is 0.480 e. The van der Waals surface area contributed by atoms with Crippen molar-refractivity contribution in [1.82, 2.24) is 0 Å². The molecule has 1 aliphatic rings. The molecule has 1 aromatic rings. The minimum absolute atomic E-state index is 0.109. The topological polar surface area (TPSA) is 74.6 Å². The lowest BCUT2D eigenvalue weighted by Gasteiger charge is -2.35. The number of aliphatic carboxylic acids is 2. The lowest BCUT2D eigenvalue weighted by molar-refractivity contribution is -0.143. The molecule has 4 heteroatoms. The van der Waals surface area contributed by atoms with Gasteiger partial charge in [-0.1, -0.05) is 63.3 Å². The van der Waals surface area contributed by atoms with Crippen molar-refractivity contribution < 1.29 is 19.8 Å². The number of benzene rings is 1. The second kappa shape index (κ2) is 5.79. The standard InChI is InChI=1S/C18H20O4/c1-11(2)13-6-8-14(9-7-13)18(17(21)22)10-4-5-15(12(18)3)16(19)20/h4-12H,1-3H3,(H,19,20)(H,21,22). The summed E-state index contributed by atoms with van der Waals surface area (Å²) in [6, 6.07) is 7.39. The van der Waals surface area contributed by atoms with Crippen LogP contribution in [-0.2, 0) is 15.0 Å². The lowest BCUT2D eigenvalue weighted by atomic mass is 9.65. The molecule has 22 heavy (non-hydrogen) atoms. The molecular weight excluding hydrogens is 280 g/mol. The van der Waals surface area contributed by atoms with Crippen LogP contribution in [0.25, 0.3) is 0 Å². The summed E-state index contributed by atoms with van der Waals surface area (Å²) in [7, 11) is 0. The minimum atomic E-state index is -1.35. The van der Waals surface area contributed by atoms with E-state index in [1.54, 1.807) is 25.1 Å². The Balaban J connectivity index is 2.55. The second-order valence-corrected chi connectivity index (χ2v) is 5.96. The maximum atomic E-state index is 12.0. The molecule has 2 N–H and O–H groups in total. The van der Waals surface area contributed by atoms with E-state index in [1.807, 2.05) is 12.1 Å². The van der Waals surface area contributed by atoms with Crippen LogP contribution in [0.1, 0.15) is 37.8 Å². The van der Waals surface area contributed by atoms with Gasteiger partial charge >= 0.3 is 11.9 Å². The van der Waals surface area contributed by atoms with Gasteiger partial charge in [0.15, 0.2) is 0 Å². The third-order valence-corrected chi connectivity index (χ3v) is 4.44. The molecule has 1 aromatic carbocycles. The van der Waals surface area contributed by atoms with E-state index in [4.69, 9.17) is 0 Å². The van der Waals surface area contributed by atoms with Crippen LogP contribution in [0.15, 0.2) is 48.1 Å². The van der Waals surface area contributed by atoms with Gasteiger partial charge in [-0.15, -0.1) is 0 Å². The number of carboxylic acids is 2. The van der Waals surface area contributed by atoms with Gasteiger partial charge in [0.2, 0.25) is 0 Å². The van der Waals surface area contributed by atoms with Crippen molar-refractivity contribution >= 4 is 11.9 Å². The van der Waals surface area contributed by atoms with Crippen LogP contribution >= 0.6 is 0 Å². The van der Waals surface area contributed by atoms with Crippen molar-refractivity contribution in [2.45, 2.75) is 32.1 Å². The number of carboxylic acid groups (broad SMARTS) is 2. The fraction of sp³-hybridized carbons (Fsp3) is 0.333. The van der Waals surface area contributed by atoms with Gasteiger partial charge < -0.3 is 10.2 Å². The van der Waals surface area contributed by atoms with E-state index in [2.05, 4.69) is 13.8 Å². The molecule has 0 fully saturated rings. The van der Waals surface area contributed by atoms with E-state index in [-0.39, 0.29) is 5.57 Å². The number of hydrogen-bond acceptors (Lipinski definition) is 2. The predicted octanol–water partition coefficient (Wildman–Crippen LogP) is 3.35. The Morgan fingerprint density at radius 1 is 1.14 bits per heavy atom. The number of rotatable bonds is 4. The molecule has 2 unspecified atom stereocenters. The molecule has 0 saturated heterocycles. The SMILES string of the molecule is CC(C)c1ccc(C2(C(=O)O)C=CC=C(C(=O)O)C2C)cc1. The van der Waals surface area contributed by atoms with E-state index in [1.165, 1.54) is 12.2 Å². The summed E-state index contributed by atoms with van der Waals surface area (Å²) in [6.07, 6.45) is 4.57. The average molecular weight is 300 g/mol. The molecule has 116 valence electrons. The number of carbonyl (C=O) groups is 2. The number of allylic oxidation sites excluding steroid dienone is 2. The quantitative estimate of drug-likeness (QED) is 0.894. The van der Waals surface area contributed by atoms with Crippen molar-refractivity contribution in [2.75, 3.05) is 0 Å². The van der Waals surface area contributed by atoms with Crippen LogP contribution < -0.4 is 0 Å². The lowest BCUT2D eigenvalue weighted by Crippen LogP contribution is -2.43. The molecule has 0 bridgehead atoms. The summed E-state index contributed by atoms with van der Waals surface area (Å²) in [4.78, 5) is 23.4. The first-order chi connectivity index (χ1) is 10.3. The molecule has 1 aliphatic carbocycles. The molecule has 0 aliphatic heterocycles. The van der Waals surface area contributed by atoms with Gasteiger partial charge in [-0.3, -0.25) is 4.79 Å². The molecule has 2 rings (SSSR count). The van der Waals surface area contributed by atoms with Gasteiger partial charge in [0.05, 0.1) is 0 Å². The highest BCUT2D eigenvalue weighted by molar-refractivity contribution is 5.93. The Kier molecular flexibility index (Phi) is 4.22. The third kappa shape index (κ3) is 2.45. The van der Waals surface area contributed by atoms with Gasteiger partial charge in [-0.05, 0) is 17.0 Å². The highest BCUT2D eigenvalue weighted by Crippen LogP contribution is 2.41. The van der Waals surface area contributed by atoms with Crippen molar-refractivity contribution in [1.29, 1.82) is 0 Å². The molecule has 0 heterocycles. The van der Waals surface area contributed by atoms with Gasteiger partial charge in [-0.2, -0.15) is 0 Å². The van der Waals surface area contributed by atoms with Gasteiger partial charge in [-0.25, -0.2) is 4.79 Å². The van der Waals surface area contributed by atoms with Gasteiger partial charge in [0.25, 0.3) is 0 Å². The molecule has 0 aromatic heterocycles. The van der Waals surface area contributed by atoms with E-state index in [0.717, 1.165) is 5.56 Å². The predicted molar refractivity (Wildman–Crippen MR) is 83.9 cm³/mol. The van der Waals surface area contributed by atoms with Crippen molar-refractivity contribution in [3.05, 3.63) is 59.2 Å². The van der Waals surface area contributed by atoms with Crippen LogP contribution in [0.4, 0.5) is 0 Å². The Morgan fingerprint density at radius 2 is 1.73 bits per heavy atom. The second-order valence-electron chi connectivity index (χ2n) is 5.96. The Labute approximate surface area is 129 Å². The monoisotopic (exact) mass is 300 g/mol. The molecule has 0 spiro atoms. The van der Waals surface area contributed by atoms with Crippen LogP contribution in [0.3, 0.4) is 0 Å². The summed E-state index contributed by atoms with van der Waals surface area (Å²) in [5, 5.41) is 19.1. The van der Waals surface area contributed by atoms with E-state index < -0.39 is 23.3 Å². The summed E-state index contributed by atoms with van der Waals surface area (Å²) >= 11 is 0. The molecule has 0 amide bonds. The van der Waals surface area contributed by atoms with E-state index in [0.29, 0.717) is 11.5 Å². The van der Waals surface area contributed by atoms with E-state index >= 15 is 0 Å². The Morgan fingerprint density at radius 3 is 2.18 bits per heavy atom. The summed E-state index contributed by atoms with van der Waals surface area (Å²) < 4.78 is 0. The highest BCUT2D eigenvalue weighted by atomic mass is 16.4. The van der Waals surface area contributed by atoms with E-state index in [9.17, 15) is 19.8 Å². The van der Waals surface area contributed by atoms with Crippen molar-refractivity contribution in [2.24, 2.45) is 5.92 Å². The van der Waals surface area contributed by atoms with Crippen LogP contribution in [0, 0.1) is 5.92 Å². The zero-order valence-corrected chi connectivity index (χ0v) is 12.9. The molecule has 0 radical (unpaired) electrons. The Bertz CT molecular complexity index is 652. The van der Waals surface area contributed by atoms with Crippen LogP contribution in [0.5, 0.6) is 0 Å². The molecular formula is C18H20O4. The number of hydrogen-bond donors (Lipinski definition) is 2. The summed E-state index contributed by atoms with van der Waals surface area (Å²) in [5.41, 5.74) is 0.474. The fourth-order valence-corrected chi connectivity index (χ4v) is 2.96. The smallest absolute Gasteiger partial charge is 0.331 e. The first-order valence-corrected chi connectivity index (χ1v) is 7.27. The third-order valence-electron chi connectivity index (χ3n) is 4.44. The average Bonchev–Trinajstić information content (AvgIpc) is 2.47. The fourth-order valence-electron chi connectivity index (χ4n) is 2.96. The zero-order valence-electron chi connectivity index (χ0n) is 12.9. The van der Waals surface area contributed by atoms with Gasteiger partial charge in [0.1, 0.15) is 5.41 Å². The van der Waals surface area contributed by atoms with Crippen LogP contribution in [0.2, 0.25) is 0 Å². The van der Waals surface area contributed by atoms with Crippen molar-refractivity contribution in [3.8, 4) is 0 Å². The molecule has 0 saturated carbocycles. The minimum Gasteiger partial charge on any atom is -0.480 e. The first kappa shape index (κ1) is 16.0. The van der Waals surface area contributed by atoms with Crippen LogP contribution in [-0.4, -0.2) is 22.2 Å². The van der Waals surface area contributed by atoms with Crippen molar-refractivity contribution in [3.63, 3.8) is 0 Å². The Hall–Kier alpha value is -2.36. The molecule has 4 nitrogen and oxygen atoms in total. The van der Waals surface area contributed by atoms with Gasteiger partial charge in [0, 0.05) is 11.5 Å². The maximum absolute atomic E-state index is 12.0. The maximum Gasteiger partial charge on any atom is 0.331 e. The first-order valence-electron chi connectivity index (χ1n) is 7.27. The normalized spacial score (nSPS) is 24.2. The summed E-state index contributed by atoms with van der Waals surface area (Å²) in [5.74, 6) is -2.43. The molecule has 2 atom stereocenters. The zero-order chi connectivity index (χ0) is 16.5. The highest BCUT2D eigenvalue weighted by Gasteiger charge is 2.47. The summed E-state index contributed by atoms with van der Waals surface area (Å²) in [6.45, 7) is 5.78.